The zero-order valence-electron chi connectivity index (χ0n) is 16.1. The lowest BCUT2D eigenvalue weighted by molar-refractivity contribution is -0.696. The molecular weight excluding hydrogens is 429 g/mol. The summed E-state index contributed by atoms with van der Waals surface area (Å²) in [5.41, 5.74) is 0.440. The molecule has 0 unspecified atom stereocenters. The number of aromatic nitrogens is 2. The van der Waals surface area contributed by atoms with Gasteiger partial charge in [-0.3, -0.25) is 0 Å². The third-order valence-electron chi connectivity index (χ3n) is 3.45. The van der Waals surface area contributed by atoms with Crippen molar-refractivity contribution < 1.29 is 54.7 Å². The topological polar surface area (TPSA) is 75.2 Å². The van der Waals surface area contributed by atoms with Crippen LogP contribution in [0.4, 0.5) is 30.7 Å². The highest BCUT2D eigenvalue weighted by Gasteiger charge is 2.73. The summed E-state index contributed by atoms with van der Waals surface area (Å²) in [4.78, 5) is 20.4. The number of aliphatic carboxylic acids is 1. The Balaban J connectivity index is 0.000000584. The van der Waals surface area contributed by atoms with E-state index in [1.54, 1.807) is 6.92 Å². The van der Waals surface area contributed by atoms with E-state index in [-0.39, 0.29) is 5.97 Å². The summed E-state index contributed by atoms with van der Waals surface area (Å²) >= 11 is 0. The van der Waals surface area contributed by atoms with Gasteiger partial charge in [-0.15, -0.1) is 0 Å². The van der Waals surface area contributed by atoms with Gasteiger partial charge in [0.2, 0.25) is 6.33 Å². The average Bonchev–Trinajstić information content (AvgIpc) is 3.06. The predicted molar refractivity (Wildman–Crippen MR) is 86.3 cm³/mol. The first-order valence-corrected chi connectivity index (χ1v) is 8.49. The maximum atomic E-state index is 11.7. The fraction of sp³-hybridized carbons (Fsp3) is 0.588. The van der Waals surface area contributed by atoms with E-state index in [0.29, 0.717) is 18.7 Å². The lowest BCUT2D eigenvalue weighted by Crippen LogP contribution is -2.60. The van der Waals surface area contributed by atoms with Crippen LogP contribution in [0.25, 0.3) is 0 Å². The van der Waals surface area contributed by atoms with E-state index < -0.39 is 24.0 Å². The largest absolute Gasteiger partial charge is 0.544 e. The Morgan fingerprint density at radius 2 is 1.73 bits per heavy atom. The number of rotatable bonds is 9. The van der Waals surface area contributed by atoms with Crippen molar-refractivity contribution in [3.8, 4) is 0 Å². The molecule has 0 saturated heterocycles. The molecule has 0 bridgehead atoms. The number of ether oxygens (including phenoxy) is 1. The minimum Gasteiger partial charge on any atom is -0.544 e. The van der Waals surface area contributed by atoms with Crippen molar-refractivity contribution in [2.75, 3.05) is 6.61 Å². The third kappa shape index (κ3) is 7.67. The summed E-state index contributed by atoms with van der Waals surface area (Å²) in [7, 11) is 0. The first-order chi connectivity index (χ1) is 13.6. The van der Waals surface area contributed by atoms with Crippen molar-refractivity contribution in [2.24, 2.45) is 0 Å². The summed E-state index contributed by atoms with van der Waals surface area (Å²) in [5, 5.41) is 9.27. The molecule has 0 radical (unpaired) electrons. The van der Waals surface area contributed by atoms with E-state index in [1.807, 2.05) is 23.3 Å². The Morgan fingerprint density at radius 1 is 1.17 bits per heavy atom. The summed E-state index contributed by atoms with van der Waals surface area (Å²) in [6.07, 6.45) is 1.79. The van der Waals surface area contributed by atoms with Crippen LogP contribution in [0, 0.1) is 0 Å². The zero-order chi connectivity index (χ0) is 23.8. The number of alkyl halides is 7. The molecule has 0 saturated carbocycles. The van der Waals surface area contributed by atoms with Gasteiger partial charge in [0.15, 0.2) is 0 Å². The number of halogens is 7. The lowest BCUT2D eigenvalue weighted by atomic mass is 10.1. The molecule has 0 amide bonds. The molecule has 0 aliphatic heterocycles. The molecule has 30 heavy (non-hydrogen) atoms. The summed E-state index contributed by atoms with van der Waals surface area (Å²) in [5.74, 6) is -17.0. The molecule has 0 fully saturated rings. The smallest absolute Gasteiger partial charge is 0.460 e. The molecular formula is C17H21F7N2O4. The molecule has 0 aromatic carbocycles. The maximum absolute atomic E-state index is 11.7. The number of esters is 1. The number of hydrogen-bond donors (Lipinski definition) is 0. The van der Waals surface area contributed by atoms with Crippen LogP contribution in [-0.2, 0) is 27.4 Å². The highest BCUT2D eigenvalue weighted by molar-refractivity contribution is 5.86. The molecule has 0 spiro atoms. The number of unbranched alkanes of at least 4 members (excludes halogenated alkanes) is 1. The van der Waals surface area contributed by atoms with Crippen molar-refractivity contribution in [3.05, 3.63) is 30.9 Å². The van der Waals surface area contributed by atoms with Gasteiger partial charge in [-0.1, -0.05) is 19.9 Å². The van der Waals surface area contributed by atoms with E-state index in [1.165, 1.54) is 12.8 Å². The van der Waals surface area contributed by atoms with Crippen molar-refractivity contribution >= 4 is 11.9 Å². The Morgan fingerprint density at radius 3 is 2.13 bits per heavy atom. The molecule has 0 N–H and O–H groups in total. The average molecular weight is 450 g/mol. The number of nitrogens with zero attached hydrogens (tertiary/aromatic N) is 2. The number of carboxylic acids is 1. The van der Waals surface area contributed by atoms with Crippen LogP contribution in [-0.4, -0.2) is 41.1 Å². The van der Waals surface area contributed by atoms with Crippen LogP contribution in [0.2, 0.25) is 0 Å². The zero-order valence-corrected chi connectivity index (χ0v) is 16.1. The number of carbonyl (C=O) groups excluding carboxylic acids is 2. The van der Waals surface area contributed by atoms with Crippen molar-refractivity contribution in [1.29, 1.82) is 0 Å². The molecule has 6 nitrogen and oxygen atoms in total. The van der Waals surface area contributed by atoms with Gasteiger partial charge in [0.25, 0.3) is 0 Å². The second kappa shape index (κ2) is 11.0. The van der Waals surface area contributed by atoms with Gasteiger partial charge in [0.05, 0.1) is 6.54 Å². The van der Waals surface area contributed by atoms with Gasteiger partial charge in [-0.2, -0.15) is 30.7 Å². The van der Waals surface area contributed by atoms with Crippen LogP contribution in [0.1, 0.15) is 26.7 Å². The Labute approximate surface area is 167 Å². The summed E-state index contributed by atoms with van der Waals surface area (Å²) in [6.45, 7) is 9.46. The first kappa shape index (κ1) is 27.4. The lowest BCUT2D eigenvalue weighted by Gasteiger charge is -2.28. The monoisotopic (exact) mass is 450 g/mol. The molecule has 0 aliphatic carbocycles. The van der Waals surface area contributed by atoms with Gasteiger partial charge in [-0.05, 0) is 13.3 Å². The van der Waals surface area contributed by atoms with E-state index in [0.717, 1.165) is 6.54 Å². The fourth-order valence-electron chi connectivity index (χ4n) is 1.72. The second-order valence-corrected chi connectivity index (χ2v) is 6.09. The normalized spacial score (nSPS) is 12.0. The first-order valence-electron chi connectivity index (χ1n) is 8.49. The van der Waals surface area contributed by atoms with Gasteiger partial charge >= 0.3 is 24.0 Å². The summed E-state index contributed by atoms with van der Waals surface area (Å²) < 4.78 is 89.4. The Kier molecular flexibility index (Phi) is 10.0. The summed E-state index contributed by atoms with van der Waals surface area (Å²) in [6, 6.07) is 0. The minimum absolute atomic E-state index is 0.323. The van der Waals surface area contributed by atoms with Crippen LogP contribution in [0.3, 0.4) is 0 Å². The van der Waals surface area contributed by atoms with Crippen molar-refractivity contribution in [3.63, 3.8) is 0 Å². The molecule has 13 heteroatoms. The molecule has 1 rings (SSSR count). The number of carbonyl (C=O) groups is 2. The highest BCUT2D eigenvalue weighted by atomic mass is 19.4. The minimum atomic E-state index is -6.64. The van der Waals surface area contributed by atoms with Crippen LogP contribution < -0.4 is 9.67 Å². The van der Waals surface area contributed by atoms with Crippen LogP contribution >= 0.6 is 0 Å². The van der Waals surface area contributed by atoms with E-state index in [9.17, 15) is 45.4 Å². The number of hydrogen-bond acceptors (Lipinski definition) is 4. The van der Waals surface area contributed by atoms with Gasteiger partial charge in [0, 0.05) is 5.57 Å². The van der Waals surface area contributed by atoms with E-state index in [2.05, 4.69) is 18.1 Å². The molecule has 0 atom stereocenters. The SMILES string of the molecule is C=C(C)C(=O)OCCn1cc[n+](CCCC)c1.O=C([O-])C(F)(F)C(F)(F)C(F)(F)F. The van der Waals surface area contributed by atoms with E-state index >= 15 is 0 Å². The maximum Gasteiger partial charge on any atom is 0.460 e. The van der Waals surface area contributed by atoms with Gasteiger partial charge in [0.1, 0.15) is 31.5 Å². The highest BCUT2D eigenvalue weighted by Crippen LogP contribution is 2.46. The Bertz CT molecular complexity index is 730. The quantitative estimate of drug-likeness (QED) is 0.250. The van der Waals surface area contributed by atoms with Gasteiger partial charge < -0.3 is 14.6 Å². The van der Waals surface area contributed by atoms with E-state index in [4.69, 9.17) is 4.74 Å². The number of aryl methyl sites for hydroxylation is 1. The predicted octanol–water partition coefficient (Wildman–Crippen LogP) is 2.26. The number of imidazole rings is 1. The number of carboxylic acid groups (broad SMARTS) is 1. The van der Waals surface area contributed by atoms with Crippen LogP contribution in [0.5, 0.6) is 0 Å². The standard InChI is InChI=1S/C13H21N2O2.C4HF7O2/c1-4-5-6-14-7-8-15(11-14)9-10-17-13(16)12(2)3;5-2(6,1(12)13)3(7,8)4(9,10)11/h7-8,11H,2,4-6,9-10H2,1,3H3;(H,12,13)/q+1;/p-1. The second-order valence-electron chi connectivity index (χ2n) is 6.09. The molecule has 0 aliphatic rings. The fourth-order valence-corrected chi connectivity index (χ4v) is 1.72. The van der Waals surface area contributed by atoms with Crippen LogP contribution in [0.15, 0.2) is 30.9 Å². The van der Waals surface area contributed by atoms with Crippen molar-refractivity contribution in [1.82, 2.24) is 4.57 Å². The third-order valence-corrected chi connectivity index (χ3v) is 3.45. The van der Waals surface area contributed by atoms with Crippen molar-refractivity contribution in [2.45, 2.75) is 57.8 Å². The molecule has 172 valence electrons. The Hall–Kier alpha value is -2.60. The molecule has 1 heterocycles. The van der Waals surface area contributed by atoms with Gasteiger partial charge in [-0.25, -0.2) is 13.9 Å². The molecule has 1 aromatic heterocycles. The molecule has 1 aromatic rings.